The lowest BCUT2D eigenvalue weighted by atomic mass is 10.1. The third kappa shape index (κ3) is 2.97. The minimum absolute atomic E-state index is 0.153. The van der Waals surface area contributed by atoms with Gasteiger partial charge in [0.05, 0.1) is 13.5 Å². The number of para-hydroxylation sites is 1. The van der Waals surface area contributed by atoms with Crippen molar-refractivity contribution in [3.63, 3.8) is 0 Å². The number of hydrogen-bond acceptors (Lipinski definition) is 4. The zero-order valence-corrected chi connectivity index (χ0v) is 10.1. The largest absolute Gasteiger partial charge is 0.469 e. The summed E-state index contributed by atoms with van der Waals surface area (Å²) in [6.45, 7) is 3.47. The Labute approximate surface area is 102 Å². The van der Waals surface area contributed by atoms with Crippen LogP contribution >= 0.6 is 0 Å². The minimum atomic E-state index is -0.153. The van der Waals surface area contributed by atoms with Crippen molar-refractivity contribution in [1.82, 2.24) is 5.32 Å². The maximum Gasteiger partial charge on any atom is 0.307 e. The van der Waals surface area contributed by atoms with E-state index < -0.39 is 0 Å². The van der Waals surface area contributed by atoms with Crippen LogP contribution in [-0.2, 0) is 16.1 Å². The quantitative estimate of drug-likeness (QED) is 0.797. The average Bonchev–Trinajstić information content (AvgIpc) is 2.58. The number of methoxy groups -OCH3 is 1. The number of anilines is 1. The molecule has 1 aromatic rings. The number of nitrogens with one attached hydrogen (secondary N) is 1. The number of carbonyl (C=O) groups excluding carboxylic acids is 1. The Morgan fingerprint density at radius 3 is 3.12 bits per heavy atom. The number of rotatable bonds is 3. The number of nitrogens with zero attached hydrogens (tertiary/aromatic N) is 1. The fraction of sp³-hybridized carbons (Fsp3) is 0.462. The molecule has 0 atom stereocenters. The van der Waals surface area contributed by atoms with E-state index in [1.165, 1.54) is 18.4 Å². The lowest BCUT2D eigenvalue weighted by molar-refractivity contribution is -0.140. The van der Waals surface area contributed by atoms with Crippen molar-refractivity contribution in [2.75, 3.05) is 31.6 Å². The van der Waals surface area contributed by atoms with Crippen molar-refractivity contribution in [3.8, 4) is 0 Å². The summed E-state index contributed by atoms with van der Waals surface area (Å²) in [5.41, 5.74) is 2.51. The van der Waals surface area contributed by atoms with Crippen LogP contribution in [0.3, 0.4) is 0 Å². The summed E-state index contributed by atoms with van der Waals surface area (Å²) in [5, 5.41) is 3.38. The first-order valence-corrected chi connectivity index (χ1v) is 5.91. The second kappa shape index (κ2) is 5.68. The van der Waals surface area contributed by atoms with Crippen molar-refractivity contribution in [1.29, 1.82) is 0 Å². The van der Waals surface area contributed by atoms with E-state index >= 15 is 0 Å². The highest BCUT2D eigenvalue weighted by Gasteiger charge is 2.15. The van der Waals surface area contributed by atoms with Gasteiger partial charge in [-0.15, -0.1) is 0 Å². The van der Waals surface area contributed by atoms with Crippen molar-refractivity contribution < 1.29 is 9.53 Å². The van der Waals surface area contributed by atoms with Gasteiger partial charge in [-0.25, -0.2) is 0 Å². The van der Waals surface area contributed by atoms with Crippen LogP contribution in [0.4, 0.5) is 5.69 Å². The van der Waals surface area contributed by atoms with Gasteiger partial charge in [0.25, 0.3) is 0 Å². The fourth-order valence-corrected chi connectivity index (χ4v) is 2.09. The molecule has 0 radical (unpaired) electrons. The van der Waals surface area contributed by atoms with Crippen LogP contribution < -0.4 is 10.2 Å². The molecule has 1 aliphatic heterocycles. The molecule has 17 heavy (non-hydrogen) atoms. The SMILES string of the molecule is COC(=O)CCN1CCNCc2ccccc21. The van der Waals surface area contributed by atoms with Gasteiger partial charge in [-0.3, -0.25) is 4.79 Å². The van der Waals surface area contributed by atoms with Gasteiger partial charge in [0.15, 0.2) is 0 Å². The monoisotopic (exact) mass is 234 g/mol. The Bertz CT molecular complexity index is 393. The Kier molecular flexibility index (Phi) is 3.98. The molecule has 0 amide bonds. The number of esters is 1. The van der Waals surface area contributed by atoms with Gasteiger partial charge in [0.1, 0.15) is 0 Å². The summed E-state index contributed by atoms with van der Waals surface area (Å²) < 4.78 is 4.68. The van der Waals surface area contributed by atoms with Crippen LogP contribution in [-0.4, -0.2) is 32.7 Å². The molecule has 1 aromatic carbocycles. The number of carbonyl (C=O) groups is 1. The maximum atomic E-state index is 11.2. The molecule has 0 aliphatic carbocycles. The number of fused-ring (bicyclic) bond motifs is 1. The molecule has 0 spiro atoms. The van der Waals surface area contributed by atoms with Gasteiger partial charge < -0.3 is 15.0 Å². The second-order valence-corrected chi connectivity index (χ2v) is 4.12. The third-order valence-corrected chi connectivity index (χ3v) is 3.02. The fourth-order valence-electron chi connectivity index (χ4n) is 2.09. The Morgan fingerprint density at radius 1 is 1.47 bits per heavy atom. The molecule has 0 aromatic heterocycles. The molecule has 0 saturated heterocycles. The lowest BCUT2D eigenvalue weighted by Gasteiger charge is -2.23. The van der Waals surface area contributed by atoms with Crippen LogP contribution in [0.1, 0.15) is 12.0 Å². The highest BCUT2D eigenvalue weighted by molar-refractivity contribution is 5.70. The molecular weight excluding hydrogens is 216 g/mol. The van der Waals surface area contributed by atoms with E-state index in [1.54, 1.807) is 0 Å². The van der Waals surface area contributed by atoms with Crippen LogP contribution in [0.15, 0.2) is 24.3 Å². The highest BCUT2D eigenvalue weighted by atomic mass is 16.5. The summed E-state index contributed by atoms with van der Waals surface area (Å²) in [6.07, 6.45) is 0.435. The molecule has 1 aliphatic rings. The minimum Gasteiger partial charge on any atom is -0.469 e. The van der Waals surface area contributed by atoms with Gasteiger partial charge in [-0.05, 0) is 11.6 Å². The normalized spacial score (nSPS) is 15.0. The topological polar surface area (TPSA) is 41.6 Å². The summed E-state index contributed by atoms with van der Waals surface area (Å²) in [7, 11) is 1.43. The summed E-state index contributed by atoms with van der Waals surface area (Å²) in [6, 6.07) is 8.32. The Hall–Kier alpha value is -1.55. The van der Waals surface area contributed by atoms with Crippen LogP contribution in [0.2, 0.25) is 0 Å². The van der Waals surface area contributed by atoms with Crippen LogP contribution in [0.5, 0.6) is 0 Å². The number of hydrogen-bond donors (Lipinski definition) is 1. The summed E-state index contributed by atoms with van der Waals surface area (Å²) in [4.78, 5) is 13.4. The zero-order valence-electron chi connectivity index (χ0n) is 10.1. The maximum absolute atomic E-state index is 11.2. The van der Waals surface area contributed by atoms with Gasteiger partial charge in [0, 0.05) is 31.9 Å². The van der Waals surface area contributed by atoms with Gasteiger partial charge >= 0.3 is 5.97 Å². The molecule has 0 fully saturated rings. The molecule has 92 valence electrons. The van der Waals surface area contributed by atoms with Crippen molar-refractivity contribution in [2.45, 2.75) is 13.0 Å². The molecule has 0 bridgehead atoms. The first-order valence-electron chi connectivity index (χ1n) is 5.91. The van der Waals surface area contributed by atoms with Crippen molar-refractivity contribution in [3.05, 3.63) is 29.8 Å². The smallest absolute Gasteiger partial charge is 0.307 e. The molecule has 1 heterocycles. The summed E-state index contributed by atoms with van der Waals surface area (Å²) >= 11 is 0. The average molecular weight is 234 g/mol. The molecular formula is C13H18N2O2. The summed E-state index contributed by atoms with van der Waals surface area (Å²) in [5.74, 6) is -0.153. The first kappa shape index (κ1) is 11.9. The molecule has 0 unspecified atom stereocenters. The molecule has 0 saturated carbocycles. The van der Waals surface area contributed by atoms with E-state index in [0.29, 0.717) is 13.0 Å². The molecule has 2 rings (SSSR count). The highest BCUT2D eigenvalue weighted by Crippen LogP contribution is 2.22. The lowest BCUT2D eigenvalue weighted by Crippen LogP contribution is -2.30. The van der Waals surface area contributed by atoms with E-state index in [-0.39, 0.29) is 5.97 Å². The van der Waals surface area contributed by atoms with Gasteiger partial charge in [0.2, 0.25) is 0 Å². The van der Waals surface area contributed by atoms with Crippen LogP contribution in [0, 0.1) is 0 Å². The standard InChI is InChI=1S/C13H18N2O2/c1-17-13(16)6-8-15-9-7-14-10-11-4-2-3-5-12(11)15/h2-5,14H,6-10H2,1H3. The predicted octanol–water partition coefficient (Wildman–Crippen LogP) is 1.16. The number of ether oxygens (including phenoxy) is 1. The van der Waals surface area contributed by atoms with E-state index in [0.717, 1.165) is 19.6 Å². The second-order valence-electron chi connectivity index (χ2n) is 4.12. The van der Waals surface area contributed by atoms with Gasteiger partial charge in [-0.2, -0.15) is 0 Å². The van der Waals surface area contributed by atoms with E-state index in [9.17, 15) is 4.79 Å². The molecule has 4 nitrogen and oxygen atoms in total. The molecule has 1 N–H and O–H groups in total. The van der Waals surface area contributed by atoms with E-state index in [2.05, 4.69) is 27.1 Å². The van der Waals surface area contributed by atoms with Crippen molar-refractivity contribution >= 4 is 11.7 Å². The molecule has 4 heteroatoms. The Balaban J connectivity index is 2.09. The predicted molar refractivity (Wildman–Crippen MR) is 67.0 cm³/mol. The zero-order chi connectivity index (χ0) is 12.1. The van der Waals surface area contributed by atoms with Crippen molar-refractivity contribution in [2.24, 2.45) is 0 Å². The van der Waals surface area contributed by atoms with E-state index in [4.69, 9.17) is 0 Å². The third-order valence-electron chi connectivity index (χ3n) is 3.02. The van der Waals surface area contributed by atoms with E-state index in [1.807, 2.05) is 12.1 Å². The number of benzene rings is 1. The Morgan fingerprint density at radius 2 is 2.29 bits per heavy atom. The van der Waals surface area contributed by atoms with Gasteiger partial charge in [-0.1, -0.05) is 18.2 Å². The first-order chi connectivity index (χ1) is 8.31. The van der Waals surface area contributed by atoms with Crippen LogP contribution in [0.25, 0.3) is 0 Å².